The van der Waals surface area contributed by atoms with Crippen molar-refractivity contribution in [2.45, 2.75) is 33.1 Å². The Balaban J connectivity index is 1.95. The molecule has 2 aromatic rings. The molecule has 0 aliphatic carbocycles. The summed E-state index contributed by atoms with van der Waals surface area (Å²) in [7, 11) is 0. The summed E-state index contributed by atoms with van der Waals surface area (Å²) >= 11 is 1.71. The van der Waals surface area contributed by atoms with Crippen LogP contribution in [0.1, 0.15) is 22.2 Å². The van der Waals surface area contributed by atoms with Gasteiger partial charge in [0.1, 0.15) is 0 Å². The van der Waals surface area contributed by atoms with E-state index < -0.39 is 12.8 Å². The fourth-order valence-corrected chi connectivity index (χ4v) is 2.88. The largest absolute Gasteiger partial charge is 0.468 e. The van der Waals surface area contributed by atoms with Gasteiger partial charge in [-0.15, -0.1) is 11.3 Å². The molecule has 0 aromatic carbocycles. The maximum Gasteiger partial charge on any atom is 0.422 e. The number of hydrogen-bond acceptors (Lipinski definition) is 4. The average molecular weight is 386 g/mol. The Labute approximate surface area is 154 Å². The van der Waals surface area contributed by atoms with Crippen LogP contribution in [0.15, 0.2) is 35.5 Å². The van der Waals surface area contributed by atoms with Gasteiger partial charge >= 0.3 is 6.18 Å². The van der Waals surface area contributed by atoms with Gasteiger partial charge in [0, 0.05) is 28.6 Å². The molecule has 2 aromatic heterocycles. The molecule has 26 heavy (non-hydrogen) atoms. The summed E-state index contributed by atoms with van der Waals surface area (Å²) in [6.07, 6.45) is -2.98. The predicted molar refractivity (Wildman–Crippen MR) is 96.5 cm³/mol. The summed E-state index contributed by atoms with van der Waals surface area (Å²) in [5.74, 6) is 0.565. The molecule has 0 spiro atoms. The lowest BCUT2D eigenvalue weighted by Crippen LogP contribution is -2.36. The van der Waals surface area contributed by atoms with E-state index in [1.165, 1.54) is 22.0 Å². The first-order chi connectivity index (χ1) is 12.4. The summed E-state index contributed by atoms with van der Waals surface area (Å²) in [5.41, 5.74) is 0.710. The van der Waals surface area contributed by atoms with Crippen LogP contribution < -0.4 is 15.4 Å². The highest BCUT2D eigenvalue weighted by Crippen LogP contribution is 2.18. The maximum atomic E-state index is 12.2. The number of hydrogen-bond donors (Lipinski definition) is 2. The van der Waals surface area contributed by atoms with Gasteiger partial charge in [-0.3, -0.25) is 0 Å². The highest BCUT2D eigenvalue weighted by molar-refractivity contribution is 7.11. The van der Waals surface area contributed by atoms with Crippen molar-refractivity contribution in [3.8, 4) is 5.88 Å². The number of rotatable bonds is 7. The number of aromatic nitrogens is 1. The monoisotopic (exact) mass is 386 g/mol. The number of nitrogens with zero attached hydrogens (tertiary/aromatic N) is 2. The van der Waals surface area contributed by atoms with Crippen LogP contribution in [0.3, 0.4) is 0 Å². The molecule has 0 unspecified atom stereocenters. The summed E-state index contributed by atoms with van der Waals surface area (Å²) in [4.78, 5) is 10.7. The first-order valence-corrected chi connectivity index (χ1v) is 8.89. The summed E-state index contributed by atoms with van der Waals surface area (Å²) < 4.78 is 41.3. The molecular weight excluding hydrogens is 365 g/mol. The first kappa shape index (κ1) is 20.0. The fraction of sp³-hybridized carbons (Fsp3) is 0.412. The Hall–Kier alpha value is -2.29. The van der Waals surface area contributed by atoms with Crippen molar-refractivity contribution < 1.29 is 17.9 Å². The maximum absolute atomic E-state index is 12.2. The Morgan fingerprint density at radius 3 is 2.73 bits per heavy atom. The molecule has 0 fully saturated rings. The van der Waals surface area contributed by atoms with Gasteiger partial charge in [-0.25, -0.2) is 9.98 Å². The molecule has 0 saturated carbocycles. The van der Waals surface area contributed by atoms with Crippen LogP contribution in [0.5, 0.6) is 5.88 Å². The molecule has 9 heteroatoms. The number of aryl methyl sites for hydroxylation is 1. The number of guanidine groups is 1. The fourth-order valence-electron chi connectivity index (χ4n) is 2.05. The van der Waals surface area contributed by atoms with E-state index in [9.17, 15) is 13.2 Å². The van der Waals surface area contributed by atoms with Gasteiger partial charge in [-0.1, -0.05) is 0 Å². The highest BCUT2D eigenvalue weighted by Gasteiger charge is 2.28. The van der Waals surface area contributed by atoms with Crippen molar-refractivity contribution in [2.24, 2.45) is 4.99 Å². The molecule has 2 heterocycles. The van der Waals surface area contributed by atoms with Crippen molar-refractivity contribution in [3.05, 3.63) is 45.8 Å². The van der Waals surface area contributed by atoms with Gasteiger partial charge in [0.15, 0.2) is 12.6 Å². The number of thiophene rings is 1. The van der Waals surface area contributed by atoms with E-state index in [0.717, 1.165) is 0 Å². The van der Waals surface area contributed by atoms with Gasteiger partial charge in [-0.2, -0.15) is 13.2 Å². The van der Waals surface area contributed by atoms with Crippen LogP contribution in [-0.4, -0.2) is 30.3 Å². The lowest BCUT2D eigenvalue weighted by molar-refractivity contribution is -0.154. The van der Waals surface area contributed by atoms with E-state index in [1.54, 1.807) is 17.4 Å². The van der Waals surface area contributed by atoms with Crippen LogP contribution in [-0.2, 0) is 13.1 Å². The lowest BCUT2D eigenvalue weighted by atomic mass is 10.3. The average Bonchev–Trinajstić information content (AvgIpc) is 3.01. The summed E-state index contributed by atoms with van der Waals surface area (Å²) in [6.45, 7) is 4.30. The Morgan fingerprint density at radius 2 is 2.08 bits per heavy atom. The third-order valence-corrected chi connectivity index (χ3v) is 4.17. The van der Waals surface area contributed by atoms with E-state index in [-0.39, 0.29) is 5.88 Å². The van der Waals surface area contributed by atoms with Crippen molar-refractivity contribution in [3.63, 3.8) is 0 Å². The zero-order valence-electron chi connectivity index (χ0n) is 14.6. The second-order valence-electron chi connectivity index (χ2n) is 5.47. The SMILES string of the molecule is CCNC(=NCc1ccnc(OCC(F)(F)F)c1)NCc1ccc(C)s1. The van der Waals surface area contributed by atoms with Crippen molar-refractivity contribution >= 4 is 17.3 Å². The van der Waals surface area contributed by atoms with Gasteiger partial charge < -0.3 is 15.4 Å². The zero-order chi connectivity index (χ0) is 19.0. The summed E-state index contributed by atoms with van der Waals surface area (Å²) in [5, 5.41) is 6.37. The van der Waals surface area contributed by atoms with Crippen molar-refractivity contribution in [1.29, 1.82) is 0 Å². The smallest absolute Gasteiger partial charge is 0.422 e. The van der Waals surface area contributed by atoms with Crippen LogP contribution in [0.4, 0.5) is 13.2 Å². The van der Waals surface area contributed by atoms with E-state index in [4.69, 9.17) is 0 Å². The van der Waals surface area contributed by atoms with E-state index >= 15 is 0 Å². The minimum absolute atomic E-state index is 0.0676. The zero-order valence-corrected chi connectivity index (χ0v) is 15.4. The molecular formula is C17H21F3N4OS. The second kappa shape index (κ2) is 9.42. The van der Waals surface area contributed by atoms with Gasteiger partial charge in [0.25, 0.3) is 0 Å². The predicted octanol–water partition coefficient (Wildman–Crippen LogP) is 3.65. The topological polar surface area (TPSA) is 58.5 Å². The normalized spacial score (nSPS) is 12.1. The van der Waals surface area contributed by atoms with E-state index in [1.807, 2.05) is 6.92 Å². The number of nitrogens with one attached hydrogen (secondary N) is 2. The molecule has 0 atom stereocenters. The molecule has 142 valence electrons. The lowest BCUT2D eigenvalue weighted by Gasteiger charge is -2.11. The molecule has 2 rings (SSSR count). The third kappa shape index (κ3) is 7.30. The number of alkyl halides is 3. The Bertz CT molecular complexity index is 731. The van der Waals surface area contributed by atoms with Crippen LogP contribution in [0, 0.1) is 6.92 Å². The van der Waals surface area contributed by atoms with Crippen molar-refractivity contribution in [2.75, 3.05) is 13.2 Å². The van der Waals surface area contributed by atoms with E-state index in [0.29, 0.717) is 31.2 Å². The number of pyridine rings is 1. The van der Waals surface area contributed by atoms with Gasteiger partial charge in [-0.05, 0) is 37.6 Å². The highest BCUT2D eigenvalue weighted by atomic mass is 32.1. The minimum Gasteiger partial charge on any atom is -0.468 e. The molecule has 0 saturated heterocycles. The third-order valence-electron chi connectivity index (χ3n) is 3.17. The number of ether oxygens (including phenoxy) is 1. The molecule has 0 amide bonds. The number of halogens is 3. The number of aliphatic imine (C=N–C) groups is 1. The van der Waals surface area contributed by atoms with Gasteiger partial charge in [0.05, 0.1) is 13.1 Å². The second-order valence-corrected chi connectivity index (χ2v) is 6.84. The standard InChI is InChI=1S/C17H21F3N4OS/c1-3-21-16(24-10-14-5-4-12(2)26-14)23-9-13-6-7-22-15(8-13)25-11-17(18,19)20/h4-8H,3,9-11H2,1-2H3,(H2,21,23,24). The molecule has 2 N–H and O–H groups in total. The quantitative estimate of drug-likeness (QED) is 0.563. The first-order valence-electron chi connectivity index (χ1n) is 8.07. The van der Waals surface area contributed by atoms with Crippen LogP contribution in [0.2, 0.25) is 0 Å². The molecule has 0 radical (unpaired) electrons. The molecule has 0 aliphatic rings. The van der Waals surface area contributed by atoms with Crippen LogP contribution in [0.25, 0.3) is 0 Å². The Morgan fingerprint density at radius 1 is 1.27 bits per heavy atom. The van der Waals surface area contributed by atoms with Gasteiger partial charge in [0.2, 0.25) is 5.88 Å². The Kier molecular flexibility index (Phi) is 7.26. The minimum atomic E-state index is -4.39. The van der Waals surface area contributed by atoms with Crippen molar-refractivity contribution in [1.82, 2.24) is 15.6 Å². The molecule has 5 nitrogen and oxygen atoms in total. The van der Waals surface area contributed by atoms with Crippen LogP contribution >= 0.6 is 11.3 Å². The summed E-state index contributed by atoms with van der Waals surface area (Å²) in [6, 6.07) is 7.27. The molecule has 0 bridgehead atoms. The van der Waals surface area contributed by atoms with E-state index in [2.05, 4.69) is 44.4 Å². The molecule has 0 aliphatic heterocycles.